The van der Waals surface area contributed by atoms with Gasteiger partial charge in [-0.15, -0.1) is 11.3 Å². The fourth-order valence-corrected chi connectivity index (χ4v) is 13.6. The number of thiazole rings is 2. The van der Waals surface area contributed by atoms with Gasteiger partial charge >= 0.3 is 6.01 Å². The Morgan fingerprint density at radius 1 is 0.934 bits per heavy atom. The van der Waals surface area contributed by atoms with E-state index in [1.54, 1.807) is 22.3 Å². The Morgan fingerprint density at radius 2 is 1.68 bits per heavy atom. The predicted octanol–water partition coefficient (Wildman–Crippen LogP) is 9.99. The predicted molar refractivity (Wildman–Crippen MR) is 298 cm³/mol. The largest absolute Gasteiger partial charge is 0.462 e. The van der Waals surface area contributed by atoms with Gasteiger partial charge in [0.25, 0.3) is 0 Å². The molecular formula is C56H68ClF2N11O4S2. The minimum absolute atomic E-state index is 0.0658. The SMILES string of the molecule is Cc1ncsc1-c1ccc(C(C)NC(=O)C2CCCN2C(=O)C(NC(=O)CCCCCCN2CCCC2COc2nc(N3C4CCC3CNC4)c3cc(Cl)c(-c4ccc(F)c5sc(N)nc45)c(F)c3n2)C(C)(C)C)cc1. The molecule has 0 saturated carbocycles. The summed E-state index contributed by atoms with van der Waals surface area (Å²) in [5, 5.41) is 10.5. The van der Waals surface area contributed by atoms with Gasteiger partial charge in [-0.1, -0.05) is 80.8 Å². The van der Waals surface area contributed by atoms with Gasteiger partial charge < -0.3 is 36.2 Å². The third-order valence-corrected chi connectivity index (χ3v) is 18.0. The van der Waals surface area contributed by atoms with E-state index in [-0.39, 0.29) is 79.4 Å². The van der Waals surface area contributed by atoms with Crippen LogP contribution in [0.5, 0.6) is 6.01 Å². The Labute approximate surface area is 455 Å². The number of likely N-dealkylation sites (tertiary alicyclic amines) is 2. The van der Waals surface area contributed by atoms with Crippen LogP contribution in [0.1, 0.15) is 116 Å². The highest BCUT2D eigenvalue weighted by molar-refractivity contribution is 7.22. The molecule has 6 atom stereocenters. The van der Waals surface area contributed by atoms with Crippen LogP contribution in [0.4, 0.5) is 19.7 Å². The van der Waals surface area contributed by atoms with Crippen LogP contribution < -0.4 is 31.3 Å². The number of nitrogens with zero attached hydrogens (tertiary/aromatic N) is 7. The standard InChI is InChI=1S/C56H68ClF2N11O4S2/c1-31(33-15-17-34(18-16-33)48-32(2)62-30-75-48)63-52(72)42-13-11-25-69(42)53(73)50(56(3,4)5)64-43(71)14-8-6-7-9-23-68-24-10-12-37(68)29-74-55-66-46-39(51(67-55)70-35-19-20-36(70)28-61-27-35)26-40(57)44(45(46)59)38-21-22-41(58)49-47(38)65-54(60)76-49/h15-18,21-22,26,30-31,35-37,42,50,61H,6-14,19-20,23-25,27-29H2,1-5H3,(H2,60,65)(H,63,72)(H,64,71). The first-order chi connectivity index (χ1) is 36.5. The van der Waals surface area contributed by atoms with E-state index < -0.39 is 29.1 Å². The van der Waals surface area contributed by atoms with Gasteiger partial charge in [0.2, 0.25) is 17.7 Å². The molecule has 4 fully saturated rings. The Morgan fingerprint density at radius 3 is 2.42 bits per heavy atom. The summed E-state index contributed by atoms with van der Waals surface area (Å²) in [5.41, 5.74) is 11.0. The molecule has 20 heteroatoms. The summed E-state index contributed by atoms with van der Waals surface area (Å²) < 4.78 is 38.7. The number of hydrogen-bond donors (Lipinski definition) is 4. The zero-order valence-electron chi connectivity index (χ0n) is 43.9. The van der Waals surface area contributed by atoms with Crippen molar-refractivity contribution in [3.05, 3.63) is 75.9 Å². The average molecular weight is 1100 g/mol. The number of nitrogen functional groups attached to an aromatic ring is 1. The second-order valence-corrected chi connectivity index (χ2v) is 24.3. The molecule has 2 bridgehead atoms. The number of hydrogen-bond acceptors (Lipinski definition) is 14. The summed E-state index contributed by atoms with van der Waals surface area (Å²) in [4.78, 5) is 67.3. The van der Waals surface area contributed by atoms with Crippen LogP contribution in [0.15, 0.2) is 48.0 Å². The lowest BCUT2D eigenvalue weighted by Crippen LogP contribution is -2.57. The number of halogens is 3. The fraction of sp³-hybridized carbons (Fsp3) is 0.518. The number of amides is 3. The number of aromatic nitrogens is 4. The van der Waals surface area contributed by atoms with Crippen molar-refractivity contribution in [2.24, 2.45) is 5.41 Å². The molecule has 4 saturated heterocycles. The van der Waals surface area contributed by atoms with Gasteiger partial charge in [0.15, 0.2) is 10.9 Å². The van der Waals surface area contributed by atoms with Gasteiger partial charge in [-0.2, -0.15) is 9.97 Å². The number of ether oxygens (including phenoxy) is 1. The van der Waals surface area contributed by atoms with Crippen molar-refractivity contribution in [1.29, 1.82) is 0 Å². The maximum absolute atomic E-state index is 17.1. The molecule has 404 valence electrons. The monoisotopic (exact) mass is 1100 g/mol. The Balaban J connectivity index is 0.723. The highest BCUT2D eigenvalue weighted by atomic mass is 35.5. The second kappa shape index (κ2) is 22.8. The minimum atomic E-state index is -0.779. The molecule has 10 rings (SSSR count). The quantitative estimate of drug-likeness (QED) is 0.0599. The summed E-state index contributed by atoms with van der Waals surface area (Å²) in [7, 11) is 0. The molecular weight excluding hydrogens is 1030 g/mol. The Kier molecular flexibility index (Phi) is 16.1. The maximum atomic E-state index is 17.1. The number of carbonyl (C=O) groups is 3. The lowest BCUT2D eigenvalue weighted by atomic mass is 9.85. The number of nitrogens with one attached hydrogen (secondary N) is 3. The van der Waals surface area contributed by atoms with E-state index in [9.17, 15) is 18.8 Å². The summed E-state index contributed by atoms with van der Waals surface area (Å²) in [6, 6.07) is 11.5. The number of carbonyl (C=O) groups excluding carboxylic acids is 3. The molecule has 76 heavy (non-hydrogen) atoms. The van der Waals surface area contributed by atoms with Gasteiger partial charge in [-0.3, -0.25) is 19.3 Å². The highest BCUT2D eigenvalue weighted by Crippen LogP contribution is 2.44. The van der Waals surface area contributed by atoms with Gasteiger partial charge in [-0.25, -0.2) is 18.7 Å². The zero-order valence-corrected chi connectivity index (χ0v) is 46.3. The second-order valence-electron chi connectivity index (χ2n) is 22.0. The number of anilines is 2. The van der Waals surface area contributed by atoms with Gasteiger partial charge in [0.1, 0.15) is 35.8 Å². The molecule has 4 aliphatic rings. The van der Waals surface area contributed by atoms with Crippen LogP contribution in [0, 0.1) is 24.0 Å². The summed E-state index contributed by atoms with van der Waals surface area (Å²) in [6.07, 6.45) is 8.89. The first kappa shape index (κ1) is 53.8. The van der Waals surface area contributed by atoms with E-state index in [1.165, 1.54) is 12.1 Å². The molecule has 7 heterocycles. The molecule has 15 nitrogen and oxygen atoms in total. The van der Waals surface area contributed by atoms with Crippen molar-refractivity contribution in [2.45, 2.75) is 141 Å². The van der Waals surface area contributed by atoms with Gasteiger partial charge in [0, 0.05) is 60.7 Å². The van der Waals surface area contributed by atoms with Crippen LogP contribution >= 0.6 is 34.3 Å². The summed E-state index contributed by atoms with van der Waals surface area (Å²) in [5.74, 6) is -1.15. The van der Waals surface area contributed by atoms with Gasteiger partial charge in [-0.05, 0) is 113 Å². The number of rotatable bonds is 18. The molecule has 6 unspecified atom stereocenters. The summed E-state index contributed by atoms with van der Waals surface area (Å²) >= 11 is 9.53. The normalized spacial score (nSPS) is 20.7. The molecule has 3 aromatic heterocycles. The first-order valence-corrected chi connectivity index (χ1v) is 28.9. The molecule has 3 aromatic carbocycles. The molecule has 0 spiro atoms. The van der Waals surface area contributed by atoms with Crippen molar-refractivity contribution in [2.75, 3.05) is 50.0 Å². The van der Waals surface area contributed by atoms with Crippen molar-refractivity contribution < 1.29 is 27.9 Å². The fourth-order valence-electron chi connectivity index (χ4n) is 11.7. The Bertz CT molecular complexity index is 3100. The third-order valence-electron chi connectivity index (χ3n) is 15.8. The maximum Gasteiger partial charge on any atom is 0.319 e. The number of piperazine rings is 1. The highest BCUT2D eigenvalue weighted by Gasteiger charge is 2.43. The number of unbranched alkanes of at least 4 members (excludes halogenated alkanes) is 3. The number of fused-ring (bicyclic) bond motifs is 4. The van der Waals surface area contributed by atoms with Crippen molar-refractivity contribution >= 4 is 84.1 Å². The van der Waals surface area contributed by atoms with Crippen molar-refractivity contribution in [3.8, 4) is 27.6 Å². The van der Waals surface area contributed by atoms with Crippen LogP contribution in [0.2, 0.25) is 5.02 Å². The smallest absolute Gasteiger partial charge is 0.319 e. The minimum Gasteiger partial charge on any atom is -0.462 e. The van der Waals surface area contributed by atoms with Crippen LogP contribution in [-0.2, 0) is 14.4 Å². The number of benzene rings is 3. The number of nitrogens with two attached hydrogens (primary N) is 1. The van der Waals surface area contributed by atoms with E-state index in [2.05, 4.69) is 35.7 Å². The molecule has 5 N–H and O–H groups in total. The average Bonchev–Trinajstić information content (AvgIpc) is 4.30. The molecule has 0 radical (unpaired) electrons. The van der Waals surface area contributed by atoms with Crippen LogP contribution in [-0.4, -0.2) is 117 Å². The molecule has 3 amide bonds. The molecule has 4 aliphatic heterocycles. The molecule has 0 aliphatic carbocycles. The van der Waals surface area contributed by atoms with Crippen LogP contribution in [0.3, 0.4) is 0 Å². The Hall–Kier alpha value is -5.60. The zero-order chi connectivity index (χ0) is 53.4. The topological polar surface area (TPSA) is 184 Å². The van der Waals surface area contributed by atoms with E-state index in [1.807, 2.05) is 64.4 Å². The van der Waals surface area contributed by atoms with E-state index in [4.69, 9.17) is 32.0 Å². The van der Waals surface area contributed by atoms with Crippen LogP contribution in [0.25, 0.3) is 42.7 Å². The van der Waals surface area contributed by atoms with Crippen molar-refractivity contribution in [3.63, 3.8) is 0 Å². The van der Waals surface area contributed by atoms with E-state index in [0.29, 0.717) is 55.6 Å². The molecule has 6 aromatic rings. The number of aryl methyl sites for hydroxylation is 1. The van der Waals surface area contributed by atoms with Gasteiger partial charge in [0.05, 0.1) is 37.4 Å². The lowest BCUT2D eigenvalue weighted by molar-refractivity contribution is -0.144. The summed E-state index contributed by atoms with van der Waals surface area (Å²) in [6.45, 7) is 13.9. The third kappa shape index (κ3) is 11.2. The van der Waals surface area contributed by atoms with Crippen molar-refractivity contribution in [1.82, 2.24) is 45.7 Å². The van der Waals surface area contributed by atoms with E-state index in [0.717, 1.165) is 104 Å². The lowest BCUT2D eigenvalue weighted by Gasteiger charge is -2.37. The van der Waals surface area contributed by atoms with E-state index >= 15 is 4.39 Å². The first-order valence-electron chi connectivity index (χ1n) is 26.8.